The van der Waals surface area contributed by atoms with E-state index < -0.39 is 15.8 Å². The fraction of sp³-hybridized carbons (Fsp3) is 0.500. The predicted octanol–water partition coefficient (Wildman–Crippen LogP) is 4.24. The van der Waals surface area contributed by atoms with Crippen molar-refractivity contribution in [2.45, 2.75) is 45.1 Å². The molecule has 2 aromatic rings. The Morgan fingerprint density at radius 3 is 2.66 bits per heavy atom. The first-order chi connectivity index (χ1) is 15.3. The van der Waals surface area contributed by atoms with Crippen LogP contribution in [-0.4, -0.2) is 34.7 Å². The monoisotopic (exact) mass is 461 g/mol. The van der Waals surface area contributed by atoms with Gasteiger partial charge in [0.25, 0.3) is 10.0 Å². The van der Waals surface area contributed by atoms with Crippen LogP contribution < -0.4 is 14.7 Å². The van der Waals surface area contributed by atoms with Crippen LogP contribution in [0.25, 0.3) is 0 Å². The molecular formula is C24H32FN3O3S. The molecule has 0 amide bonds. The lowest BCUT2D eigenvalue weighted by Gasteiger charge is -2.29. The minimum atomic E-state index is -3.85. The van der Waals surface area contributed by atoms with Gasteiger partial charge in [-0.2, -0.15) is 0 Å². The molecule has 0 aromatic heterocycles. The van der Waals surface area contributed by atoms with Crippen LogP contribution in [0.2, 0.25) is 0 Å². The molecule has 32 heavy (non-hydrogen) atoms. The van der Waals surface area contributed by atoms with E-state index >= 15 is 0 Å². The van der Waals surface area contributed by atoms with E-state index in [4.69, 9.17) is 4.74 Å². The number of benzene rings is 2. The maximum atomic E-state index is 14.0. The number of hydrogen-bond donors (Lipinski definition) is 1. The normalized spacial score (nSPS) is 17.1. The molecule has 0 radical (unpaired) electrons. The lowest BCUT2D eigenvalue weighted by atomic mass is 10.00. The largest absolute Gasteiger partial charge is 0.381 e. The summed E-state index contributed by atoms with van der Waals surface area (Å²) < 4.78 is 48.2. The Hall–Kier alpha value is -2.16. The van der Waals surface area contributed by atoms with Gasteiger partial charge in [-0.15, -0.1) is 0 Å². The number of fused-ring (bicyclic) bond motifs is 1. The number of sulfonamides is 1. The summed E-state index contributed by atoms with van der Waals surface area (Å²) in [6.45, 7) is 9.06. The highest BCUT2D eigenvalue weighted by Crippen LogP contribution is 2.33. The summed E-state index contributed by atoms with van der Waals surface area (Å²) in [7, 11) is -3.85. The van der Waals surface area contributed by atoms with Gasteiger partial charge in [0.1, 0.15) is 5.82 Å². The van der Waals surface area contributed by atoms with Crippen LogP contribution in [0.15, 0.2) is 41.3 Å². The van der Waals surface area contributed by atoms with Gasteiger partial charge in [-0.25, -0.2) is 18.2 Å². The van der Waals surface area contributed by atoms with E-state index in [2.05, 4.69) is 10.4 Å². The number of hydrazine groups is 1. The zero-order chi connectivity index (χ0) is 22.9. The molecule has 1 N–H and O–H groups in total. The smallest absolute Gasteiger partial charge is 0.264 e. The van der Waals surface area contributed by atoms with Crippen molar-refractivity contribution in [3.8, 4) is 0 Å². The summed E-state index contributed by atoms with van der Waals surface area (Å²) in [5.41, 5.74) is 6.48. The molecule has 4 rings (SSSR count). The van der Waals surface area contributed by atoms with E-state index in [1.54, 1.807) is 25.1 Å². The average molecular weight is 462 g/mol. The van der Waals surface area contributed by atoms with Gasteiger partial charge in [0.2, 0.25) is 0 Å². The Kier molecular flexibility index (Phi) is 6.74. The van der Waals surface area contributed by atoms with Crippen LogP contribution >= 0.6 is 0 Å². The maximum Gasteiger partial charge on any atom is 0.264 e. The van der Waals surface area contributed by atoms with Gasteiger partial charge in [0.05, 0.1) is 16.3 Å². The third-order valence-electron chi connectivity index (χ3n) is 6.14. The highest BCUT2D eigenvalue weighted by molar-refractivity contribution is 7.92. The molecule has 6 nitrogen and oxygen atoms in total. The number of nitrogens with one attached hydrogen (secondary N) is 1. The number of halogens is 1. The van der Waals surface area contributed by atoms with Crippen LogP contribution in [0, 0.1) is 24.6 Å². The number of nitrogens with zero attached hydrogens (tertiary/aromatic N) is 2. The van der Waals surface area contributed by atoms with Crippen LogP contribution in [0.4, 0.5) is 15.8 Å². The topological polar surface area (TPSA) is 61.9 Å². The second-order valence-electron chi connectivity index (χ2n) is 9.15. The zero-order valence-corrected chi connectivity index (χ0v) is 19.8. The fourth-order valence-corrected chi connectivity index (χ4v) is 6.11. The fourth-order valence-electron chi connectivity index (χ4n) is 4.38. The minimum Gasteiger partial charge on any atom is -0.381 e. The number of rotatable bonds is 7. The van der Waals surface area contributed by atoms with Crippen molar-refractivity contribution >= 4 is 21.4 Å². The Balaban J connectivity index is 1.63. The first-order valence-corrected chi connectivity index (χ1v) is 12.7. The number of ether oxygens (including phenoxy) is 1. The first-order valence-electron chi connectivity index (χ1n) is 11.3. The molecule has 2 aliphatic heterocycles. The van der Waals surface area contributed by atoms with Crippen molar-refractivity contribution in [2.24, 2.45) is 11.8 Å². The van der Waals surface area contributed by atoms with Gasteiger partial charge in [0, 0.05) is 32.8 Å². The first kappa shape index (κ1) is 23.0. The Labute approximate surface area is 190 Å². The summed E-state index contributed by atoms with van der Waals surface area (Å²) >= 11 is 0. The van der Waals surface area contributed by atoms with Gasteiger partial charge in [-0.3, -0.25) is 4.31 Å². The highest BCUT2D eigenvalue weighted by atomic mass is 32.2. The third-order valence-corrected chi connectivity index (χ3v) is 7.92. The molecule has 0 aliphatic carbocycles. The Morgan fingerprint density at radius 2 is 1.94 bits per heavy atom. The number of anilines is 2. The second kappa shape index (κ2) is 9.37. The molecule has 1 saturated heterocycles. The second-order valence-corrected chi connectivity index (χ2v) is 11.0. The van der Waals surface area contributed by atoms with Crippen molar-refractivity contribution in [2.75, 3.05) is 35.6 Å². The molecule has 1 fully saturated rings. The highest BCUT2D eigenvalue weighted by Gasteiger charge is 2.30. The molecular weight excluding hydrogens is 429 g/mol. The molecule has 0 bridgehead atoms. The van der Waals surface area contributed by atoms with E-state index in [0.29, 0.717) is 18.2 Å². The number of aryl methyl sites for hydroxylation is 1. The number of hydrogen-bond acceptors (Lipinski definition) is 5. The Bertz CT molecular complexity index is 1070. The van der Waals surface area contributed by atoms with Gasteiger partial charge < -0.3 is 9.75 Å². The quantitative estimate of drug-likeness (QED) is 0.668. The van der Waals surface area contributed by atoms with Crippen molar-refractivity contribution in [1.29, 1.82) is 0 Å². The third kappa shape index (κ3) is 4.77. The summed E-state index contributed by atoms with van der Waals surface area (Å²) in [4.78, 5) is 0.232. The van der Waals surface area contributed by atoms with Crippen molar-refractivity contribution in [3.05, 3.63) is 53.3 Å². The summed E-state index contributed by atoms with van der Waals surface area (Å²) in [5, 5.41) is 2.13. The van der Waals surface area contributed by atoms with Gasteiger partial charge in [0.15, 0.2) is 0 Å². The molecule has 0 atom stereocenters. The van der Waals surface area contributed by atoms with Gasteiger partial charge in [-0.05, 0) is 73.1 Å². The van der Waals surface area contributed by atoms with E-state index in [1.807, 2.05) is 19.9 Å². The molecule has 174 valence electrons. The van der Waals surface area contributed by atoms with Crippen LogP contribution in [0.1, 0.15) is 37.8 Å². The van der Waals surface area contributed by atoms with Crippen molar-refractivity contribution in [3.63, 3.8) is 0 Å². The van der Waals surface area contributed by atoms with E-state index in [-0.39, 0.29) is 17.4 Å². The molecule has 0 spiro atoms. The molecule has 0 saturated carbocycles. The van der Waals surface area contributed by atoms with Crippen molar-refractivity contribution < 1.29 is 17.5 Å². The maximum absolute atomic E-state index is 14.0. The standard InChI is InChI=1S/C24H32FN3O3S/c1-17(2)15-28(24-13-21(25)5-4-18(24)3)32(29,30)22-6-7-23-20(12-22)14-26-27(23)16-19-8-10-31-11-9-19/h4-7,12-13,17,19,26H,8-11,14-16H2,1-3H3. The van der Waals surface area contributed by atoms with Crippen molar-refractivity contribution in [1.82, 2.24) is 5.43 Å². The van der Waals surface area contributed by atoms with E-state index in [1.165, 1.54) is 16.4 Å². The van der Waals surface area contributed by atoms with Crippen LogP contribution in [0.5, 0.6) is 0 Å². The van der Waals surface area contributed by atoms with Gasteiger partial charge >= 0.3 is 0 Å². The molecule has 0 unspecified atom stereocenters. The Morgan fingerprint density at radius 1 is 1.19 bits per heavy atom. The summed E-state index contributed by atoms with van der Waals surface area (Å²) in [6, 6.07) is 9.58. The molecule has 2 aliphatic rings. The lowest BCUT2D eigenvalue weighted by Crippen LogP contribution is -2.38. The molecule has 2 aromatic carbocycles. The van der Waals surface area contributed by atoms with Crippen LogP contribution in [0.3, 0.4) is 0 Å². The predicted molar refractivity (Wildman–Crippen MR) is 125 cm³/mol. The van der Waals surface area contributed by atoms with Gasteiger partial charge in [-0.1, -0.05) is 19.9 Å². The van der Waals surface area contributed by atoms with E-state index in [0.717, 1.165) is 49.4 Å². The summed E-state index contributed by atoms with van der Waals surface area (Å²) in [5.74, 6) is 0.193. The van der Waals surface area contributed by atoms with E-state index in [9.17, 15) is 12.8 Å². The summed E-state index contributed by atoms with van der Waals surface area (Å²) in [6.07, 6.45) is 2.08. The minimum absolute atomic E-state index is 0.0819. The average Bonchev–Trinajstić information content (AvgIpc) is 3.16. The van der Waals surface area contributed by atoms with Crippen LogP contribution in [-0.2, 0) is 21.3 Å². The SMILES string of the molecule is Cc1ccc(F)cc1N(CC(C)C)S(=O)(=O)c1ccc2c(c1)CNN2CC1CCOCC1. The molecule has 2 heterocycles. The lowest BCUT2D eigenvalue weighted by molar-refractivity contribution is 0.0677. The molecule has 8 heteroatoms. The zero-order valence-electron chi connectivity index (χ0n) is 19.0.